The second kappa shape index (κ2) is 3.88. The zero-order valence-electron chi connectivity index (χ0n) is 7.84. The van der Waals surface area contributed by atoms with Crippen molar-refractivity contribution in [3.05, 3.63) is 15.0 Å². The maximum Gasteiger partial charge on any atom is 0.314 e. The van der Waals surface area contributed by atoms with Gasteiger partial charge in [0.15, 0.2) is 0 Å². The van der Waals surface area contributed by atoms with Crippen molar-refractivity contribution in [2.75, 3.05) is 7.11 Å². The number of aromatic nitrogens is 2. The molecular formula is C9H11IN2O2. The standard InChI is InChI=1S/C9H11IN2O2/c1-14-9(13)6-4-2-3-5-7(6)11-12-8(5)10/h6H,2-4H2,1H3,(H,11,12). The van der Waals surface area contributed by atoms with Crippen molar-refractivity contribution in [3.8, 4) is 0 Å². The fourth-order valence-corrected chi connectivity index (χ4v) is 2.57. The molecule has 0 spiro atoms. The molecule has 0 aromatic carbocycles. The van der Waals surface area contributed by atoms with Crippen LogP contribution in [0.2, 0.25) is 0 Å². The second-order valence-electron chi connectivity index (χ2n) is 3.37. The largest absolute Gasteiger partial charge is 0.469 e. The highest BCUT2D eigenvalue weighted by molar-refractivity contribution is 14.1. The summed E-state index contributed by atoms with van der Waals surface area (Å²) in [6.07, 6.45) is 2.90. The van der Waals surface area contributed by atoms with Gasteiger partial charge in [-0.3, -0.25) is 9.89 Å². The Morgan fingerprint density at radius 2 is 2.50 bits per heavy atom. The molecule has 1 aliphatic carbocycles. The monoisotopic (exact) mass is 306 g/mol. The van der Waals surface area contributed by atoms with Crippen LogP contribution in [0.25, 0.3) is 0 Å². The molecule has 2 rings (SSSR count). The van der Waals surface area contributed by atoms with Crippen LogP contribution in [-0.2, 0) is 16.0 Å². The van der Waals surface area contributed by atoms with Gasteiger partial charge in [-0.05, 0) is 41.9 Å². The van der Waals surface area contributed by atoms with Crippen LogP contribution in [0.1, 0.15) is 30.0 Å². The summed E-state index contributed by atoms with van der Waals surface area (Å²) in [7, 11) is 1.43. The molecule has 1 unspecified atom stereocenters. The summed E-state index contributed by atoms with van der Waals surface area (Å²) in [5, 5.41) is 7.05. The molecule has 5 heteroatoms. The molecule has 0 saturated carbocycles. The third-order valence-electron chi connectivity index (χ3n) is 2.60. The number of halogens is 1. The molecule has 1 aromatic heterocycles. The van der Waals surface area contributed by atoms with Crippen molar-refractivity contribution in [1.82, 2.24) is 10.2 Å². The van der Waals surface area contributed by atoms with Crippen LogP contribution in [-0.4, -0.2) is 23.3 Å². The topological polar surface area (TPSA) is 55.0 Å². The number of carbonyl (C=O) groups excluding carboxylic acids is 1. The number of nitrogens with zero attached hydrogens (tertiary/aromatic N) is 1. The molecule has 4 nitrogen and oxygen atoms in total. The summed E-state index contributed by atoms with van der Waals surface area (Å²) in [5.41, 5.74) is 2.14. The number of fused-ring (bicyclic) bond motifs is 1. The van der Waals surface area contributed by atoms with Gasteiger partial charge >= 0.3 is 5.97 Å². The average Bonchev–Trinajstić information content (AvgIpc) is 2.59. The van der Waals surface area contributed by atoms with E-state index < -0.39 is 0 Å². The van der Waals surface area contributed by atoms with Crippen LogP contribution in [0.15, 0.2) is 0 Å². The smallest absolute Gasteiger partial charge is 0.314 e. The Morgan fingerprint density at radius 1 is 1.71 bits per heavy atom. The molecule has 1 atom stereocenters. The van der Waals surface area contributed by atoms with Gasteiger partial charge in [0.2, 0.25) is 0 Å². The number of esters is 1. The Balaban J connectivity index is 2.36. The van der Waals surface area contributed by atoms with E-state index in [9.17, 15) is 4.79 Å². The van der Waals surface area contributed by atoms with Gasteiger partial charge in [0, 0.05) is 5.56 Å². The number of nitrogens with one attached hydrogen (secondary N) is 1. The minimum Gasteiger partial charge on any atom is -0.469 e. The Kier molecular flexibility index (Phi) is 2.76. The molecule has 0 saturated heterocycles. The molecule has 1 N–H and O–H groups in total. The van der Waals surface area contributed by atoms with Crippen molar-refractivity contribution < 1.29 is 9.53 Å². The zero-order valence-corrected chi connectivity index (χ0v) is 10.00. The fourth-order valence-electron chi connectivity index (χ4n) is 1.89. The van der Waals surface area contributed by atoms with Crippen LogP contribution in [0.4, 0.5) is 0 Å². The summed E-state index contributed by atoms with van der Waals surface area (Å²) in [4.78, 5) is 11.5. The normalized spacial score (nSPS) is 20.3. The van der Waals surface area contributed by atoms with Gasteiger partial charge in [0.25, 0.3) is 0 Å². The van der Waals surface area contributed by atoms with Gasteiger partial charge in [0.05, 0.1) is 18.7 Å². The number of ether oxygens (including phenoxy) is 1. The highest BCUT2D eigenvalue weighted by Gasteiger charge is 2.30. The fraction of sp³-hybridized carbons (Fsp3) is 0.556. The molecular weight excluding hydrogens is 295 g/mol. The number of hydrogen-bond acceptors (Lipinski definition) is 3. The Labute approximate surface area is 95.5 Å². The molecule has 0 aliphatic heterocycles. The highest BCUT2D eigenvalue weighted by atomic mass is 127. The minimum absolute atomic E-state index is 0.139. The number of methoxy groups -OCH3 is 1. The lowest BCUT2D eigenvalue weighted by atomic mass is 9.88. The molecule has 1 aromatic rings. The van der Waals surface area contributed by atoms with E-state index in [1.165, 1.54) is 12.7 Å². The Morgan fingerprint density at radius 3 is 3.21 bits per heavy atom. The maximum absolute atomic E-state index is 11.5. The molecule has 0 bridgehead atoms. The Bertz CT molecular complexity index is 362. The van der Waals surface area contributed by atoms with Crippen LogP contribution in [0.3, 0.4) is 0 Å². The van der Waals surface area contributed by atoms with Crippen LogP contribution < -0.4 is 0 Å². The summed E-state index contributed by atoms with van der Waals surface area (Å²) in [6, 6.07) is 0. The van der Waals surface area contributed by atoms with Crippen molar-refractivity contribution in [2.45, 2.75) is 25.2 Å². The first-order chi connectivity index (χ1) is 6.74. The molecule has 76 valence electrons. The van der Waals surface area contributed by atoms with Crippen molar-refractivity contribution >= 4 is 28.6 Å². The predicted molar refractivity (Wildman–Crippen MR) is 59.0 cm³/mol. The first kappa shape index (κ1) is 9.95. The van der Waals surface area contributed by atoms with E-state index in [0.29, 0.717) is 0 Å². The quantitative estimate of drug-likeness (QED) is 0.633. The third-order valence-corrected chi connectivity index (χ3v) is 3.49. The SMILES string of the molecule is COC(=O)C1CCCc2c(I)n[nH]c21. The number of aromatic amines is 1. The van der Waals surface area contributed by atoms with E-state index >= 15 is 0 Å². The van der Waals surface area contributed by atoms with E-state index in [0.717, 1.165) is 28.7 Å². The number of H-pyrrole nitrogens is 1. The van der Waals surface area contributed by atoms with Crippen molar-refractivity contribution in [1.29, 1.82) is 0 Å². The summed E-state index contributed by atoms with van der Waals surface area (Å²) < 4.78 is 5.74. The van der Waals surface area contributed by atoms with Gasteiger partial charge in [-0.2, -0.15) is 5.10 Å². The van der Waals surface area contributed by atoms with E-state index in [1.54, 1.807) is 0 Å². The first-order valence-electron chi connectivity index (χ1n) is 4.54. The van der Waals surface area contributed by atoms with Crippen LogP contribution in [0.5, 0.6) is 0 Å². The molecule has 0 radical (unpaired) electrons. The molecule has 1 heterocycles. The number of rotatable bonds is 1. The average molecular weight is 306 g/mol. The van der Waals surface area contributed by atoms with E-state index in [2.05, 4.69) is 32.8 Å². The second-order valence-corrected chi connectivity index (χ2v) is 4.40. The van der Waals surface area contributed by atoms with Crippen molar-refractivity contribution in [2.24, 2.45) is 0 Å². The third kappa shape index (κ3) is 1.53. The summed E-state index contributed by atoms with van der Waals surface area (Å²) >= 11 is 2.19. The van der Waals surface area contributed by atoms with Crippen LogP contribution >= 0.6 is 22.6 Å². The van der Waals surface area contributed by atoms with Gasteiger partial charge in [0.1, 0.15) is 3.70 Å². The summed E-state index contributed by atoms with van der Waals surface area (Å²) in [5.74, 6) is -0.300. The molecule has 0 amide bonds. The van der Waals surface area contributed by atoms with Crippen molar-refractivity contribution in [3.63, 3.8) is 0 Å². The highest BCUT2D eigenvalue weighted by Crippen LogP contribution is 2.32. The molecule has 1 aliphatic rings. The lowest BCUT2D eigenvalue weighted by Gasteiger charge is -2.19. The lowest BCUT2D eigenvalue weighted by molar-refractivity contribution is -0.142. The minimum atomic E-state index is -0.161. The van der Waals surface area contributed by atoms with E-state index in [1.807, 2.05) is 0 Å². The van der Waals surface area contributed by atoms with Gasteiger partial charge in [-0.25, -0.2) is 0 Å². The van der Waals surface area contributed by atoms with E-state index in [-0.39, 0.29) is 11.9 Å². The zero-order chi connectivity index (χ0) is 10.1. The molecule has 14 heavy (non-hydrogen) atoms. The maximum atomic E-state index is 11.5. The first-order valence-corrected chi connectivity index (χ1v) is 5.62. The van der Waals surface area contributed by atoms with Crippen LogP contribution in [0, 0.1) is 3.70 Å². The number of carbonyl (C=O) groups is 1. The summed E-state index contributed by atoms with van der Waals surface area (Å²) in [6.45, 7) is 0. The molecule has 0 fully saturated rings. The lowest BCUT2D eigenvalue weighted by Crippen LogP contribution is -2.19. The van der Waals surface area contributed by atoms with Gasteiger partial charge < -0.3 is 4.74 Å². The Hall–Kier alpha value is -0.590. The van der Waals surface area contributed by atoms with Gasteiger partial charge in [-0.1, -0.05) is 0 Å². The predicted octanol–water partition coefficient (Wildman–Crippen LogP) is 1.61. The van der Waals surface area contributed by atoms with E-state index in [4.69, 9.17) is 4.74 Å². The van der Waals surface area contributed by atoms with Gasteiger partial charge in [-0.15, -0.1) is 0 Å². The number of hydrogen-bond donors (Lipinski definition) is 1.